The van der Waals surface area contributed by atoms with Crippen molar-refractivity contribution in [2.75, 3.05) is 51.3 Å². The number of rotatable bonds is 10. The van der Waals surface area contributed by atoms with Gasteiger partial charge < -0.3 is 14.4 Å². The molecule has 2 aromatic carbocycles. The number of benzene rings is 2. The van der Waals surface area contributed by atoms with Gasteiger partial charge >= 0.3 is 0 Å². The van der Waals surface area contributed by atoms with E-state index in [1.165, 1.54) is 22.7 Å². The molecule has 7 heteroatoms. The van der Waals surface area contributed by atoms with Gasteiger partial charge in [0.05, 0.1) is 20.3 Å². The summed E-state index contributed by atoms with van der Waals surface area (Å²) in [5.74, 6) is 1.81. The van der Waals surface area contributed by atoms with Gasteiger partial charge in [-0.15, -0.1) is 0 Å². The second kappa shape index (κ2) is 11.2. The first kappa shape index (κ1) is 21.7. The fraction of sp³-hybridized carbons (Fsp3) is 0.417. The second-order valence-electron chi connectivity index (χ2n) is 7.71. The molecule has 0 saturated carbocycles. The summed E-state index contributed by atoms with van der Waals surface area (Å²) in [6.07, 6.45) is 1.80. The lowest BCUT2D eigenvalue weighted by Crippen LogP contribution is -2.47. The number of hydrogen-bond acceptors (Lipinski definition) is 7. The highest BCUT2D eigenvalue weighted by Gasteiger charge is 2.20. The van der Waals surface area contributed by atoms with E-state index >= 15 is 0 Å². The van der Waals surface area contributed by atoms with E-state index in [-0.39, 0.29) is 0 Å². The van der Waals surface area contributed by atoms with Crippen molar-refractivity contribution in [2.45, 2.75) is 19.4 Å². The van der Waals surface area contributed by atoms with Crippen molar-refractivity contribution in [2.24, 2.45) is 0 Å². The Kier molecular flexibility index (Phi) is 7.87. The van der Waals surface area contributed by atoms with Crippen molar-refractivity contribution < 1.29 is 9.47 Å². The molecular weight excluding hydrogens is 408 g/mol. The van der Waals surface area contributed by atoms with E-state index in [4.69, 9.17) is 14.5 Å². The van der Waals surface area contributed by atoms with E-state index in [1.54, 1.807) is 7.11 Å². The van der Waals surface area contributed by atoms with Gasteiger partial charge in [-0.05, 0) is 29.7 Å². The summed E-state index contributed by atoms with van der Waals surface area (Å²) < 4.78 is 15.6. The van der Waals surface area contributed by atoms with E-state index in [2.05, 4.69) is 44.5 Å². The summed E-state index contributed by atoms with van der Waals surface area (Å²) in [6, 6.07) is 18.6. The summed E-state index contributed by atoms with van der Waals surface area (Å²) >= 11 is 1.50. The van der Waals surface area contributed by atoms with Gasteiger partial charge in [-0.1, -0.05) is 42.5 Å². The SMILES string of the molecule is COc1cccc(CCN2CCN(c3nc(CCOCc4ccccc4)ns3)CC2)c1. The summed E-state index contributed by atoms with van der Waals surface area (Å²) in [7, 11) is 1.72. The molecular formula is C24H30N4O2S. The van der Waals surface area contributed by atoms with Crippen LogP contribution in [-0.4, -0.2) is 60.7 Å². The van der Waals surface area contributed by atoms with Gasteiger partial charge in [0.2, 0.25) is 5.13 Å². The Hall–Kier alpha value is -2.48. The molecule has 6 nitrogen and oxygen atoms in total. The van der Waals surface area contributed by atoms with Crippen molar-refractivity contribution in [1.29, 1.82) is 0 Å². The van der Waals surface area contributed by atoms with Crippen molar-refractivity contribution in [3.05, 3.63) is 71.5 Å². The zero-order valence-corrected chi connectivity index (χ0v) is 18.9. The van der Waals surface area contributed by atoms with Crippen LogP contribution >= 0.6 is 11.5 Å². The highest BCUT2D eigenvalue weighted by Crippen LogP contribution is 2.20. The van der Waals surface area contributed by atoms with E-state index in [9.17, 15) is 0 Å². The molecule has 1 aliphatic rings. The minimum Gasteiger partial charge on any atom is -0.497 e. The fourth-order valence-corrected chi connectivity index (χ4v) is 4.44. The van der Waals surface area contributed by atoms with Crippen LogP contribution in [0.2, 0.25) is 0 Å². The first-order chi connectivity index (χ1) is 15.3. The summed E-state index contributed by atoms with van der Waals surface area (Å²) in [5, 5.41) is 1.03. The maximum atomic E-state index is 5.77. The van der Waals surface area contributed by atoms with Crippen LogP contribution in [0, 0.1) is 0 Å². The van der Waals surface area contributed by atoms with E-state index < -0.39 is 0 Å². The number of piperazine rings is 1. The van der Waals surface area contributed by atoms with Gasteiger partial charge in [0, 0.05) is 50.7 Å². The summed E-state index contributed by atoms with van der Waals surface area (Å²) in [4.78, 5) is 9.62. The number of nitrogens with zero attached hydrogens (tertiary/aromatic N) is 4. The molecule has 2 heterocycles. The Morgan fingerprint density at radius 1 is 0.935 bits per heavy atom. The Morgan fingerprint density at radius 2 is 1.74 bits per heavy atom. The van der Waals surface area contributed by atoms with Gasteiger partial charge in [0.15, 0.2) is 0 Å². The quantitative estimate of drug-likeness (QED) is 0.450. The second-order valence-corrected chi connectivity index (χ2v) is 8.44. The zero-order valence-electron chi connectivity index (χ0n) is 18.1. The molecule has 0 unspecified atom stereocenters. The highest BCUT2D eigenvalue weighted by molar-refractivity contribution is 7.09. The molecule has 4 rings (SSSR count). The van der Waals surface area contributed by atoms with Crippen LogP contribution in [0.3, 0.4) is 0 Å². The predicted molar refractivity (Wildman–Crippen MR) is 125 cm³/mol. The molecule has 0 N–H and O–H groups in total. The van der Waals surface area contributed by atoms with Crippen LogP contribution < -0.4 is 9.64 Å². The largest absolute Gasteiger partial charge is 0.497 e. The van der Waals surface area contributed by atoms with E-state index in [1.807, 2.05) is 24.3 Å². The minimum absolute atomic E-state index is 0.634. The molecule has 3 aromatic rings. The third kappa shape index (κ3) is 6.50. The molecule has 1 saturated heterocycles. The van der Waals surface area contributed by atoms with Crippen LogP contribution in [-0.2, 0) is 24.2 Å². The summed E-state index contributed by atoms with van der Waals surface area (Å²) in [6.45, 7) is 6.45. The minimum atomic E-state index is 0.634. The highest BCUT2D eigenvalue weighted by atomic mass is 32.1. The lowest BCUT2D eigenvalue weighted by molar-refractivity contribution is 0.123. The topological polar surface area (TPSA) is 50.7 Å². The average Bonchev–Trinajstić information content (AvgIpc) is 3.31. The molecule has 0 atom stereocenters. The molecule has 31 heavy (non-hydrogen) atoms. The fourth-order valence-electron chi connectivity index (χ4n) is 3.68. The lowest BCUT2D eigenvalue weighted by atomic mass is 10.1. The van der Waals surface area contributed by atoms with Crippen molar-refractivity contribution >= 4 is 16.7 Å². The number of hydrogen-bond donors (Lipinski definition) is 0. The van der Waals surface area contributed by atoms with Crippen molar-refractivity contribution in [3.8, 4) is 5.75 Å². The van der Waals surface area contributed by atoms with Crippen molar-refractivity contribution in [1.82, 2.24) is 14.3 Å². The smallest absolute Gasteiger partial charge is 0.205 e. The van der Waals surface area contributed by atoms with Gasteiger partial charge in [0.25, 0.3) is 0 Å². The Balaban J connectivity index is 1.16. The predicted octanol–water partition coefficient (Wildman–Crippen LogP) is 3.67. The molecule has 1 aliphatic heterocycles. The van der Waals surface area contributed by atoms with Gasteiger partial charge in [-0.2, -0.15) is 4.37 Å². The molecule has 0 bridgehead atoms. The van der Waals surface area contributed by atoms with E-state index in [0.29, 0.717) is 13.2 Å². The third-order valence-electron chi connectivity index (χ3n) is 5.53. The molecule has 0 radical (unpaired) electrons. The Bertz CT molecular complexity index is 926. The van der Waals surface area contributed by atoms with Crippen LogP contribution in [0.4, 0.5) is 5.13 Å². The molecule has 1 aromatic heterocycles. The van der Waals surface area contributed by atoms with E-state index in [0.717, 1.165) is 62.3 Å². The molecule has 164 valence electrons. The number of anilines is 1. The molecule has 0 aliphatic carbocycles. The van der Waals surface area contributed by atoms with Gasteiger partial charge in [-0.3, -0.25) is 4.90 Å². The summed E-state index contributed by atoms with van der Waals surface area (Å²) in [5.41, 5.74) is 2.52. The van der Waals surface area contributed by atoms with Crippen LogP contribution in [0.25, 0.3) is 0 Å². The maximum absolute atomic E-state index is 5.77. The van der Waals surface area contributed by atoms with Gasteiger partial charge in [0.1, 0.15) is 11.6 Å². The monoisotopic (exact) mass is 438 g/mol. The first-order valence-electron chi connectivity index (χ1n) is 10.8. The Labute approximate surface area is 188 Å². The number of aromatic nitrogens is 2. The average molecular weight is 439 g/mol. The normalized spacial score (nSPS) is 14.7. The molecule has 0 amide bonds. The van der Waals surface area contributed by atoms with Crippen molar-refractivity contribution in [3.63, 3.8) is 0 Å². The number of methoxy groups -OCH3 is 1. The lowest BCUT2D eigenvalue weighted by Gasteiger charge is -2.34. The first-order valence-corrected chi connectivity index (χ1v) is 11.6. The third-order valence-corrected chi connectivity index (χ3v) is 6.35. The maximum Gasteiger partial charge on any atom is 0.205 e. The zero-order chi connectivity index (χ0) is 21.3. The molecule has 0 spiro atoms. The van der Waals surface area contributed by atoms with Crippen LogP contribution in [0.15, 0.2) is 54.6 Å². The van der Waals surface area contributed by atoms with Gasteiger partial charge in [-0.25, -0.2) is 4.98 Å². The van der Waals surface area contributed by atoms with Crippen LogP contribution in [0.5, 0.6) is 5.75 Å². The number of ether oxygens (including phenoxy) is 2. The van der Waals surface area contributed by atoms with Crippen LogP contribution in [0.1, 0.15) is 17.0 Å². The molecule has 1 fully saturated rings. The standard InChI is InChI=1S/C24H30N4O2S/c1-29-22-9-5-8-20(18-22)10-12-27-13-15-28(16-14-27)24-25-23(26-31-24)11-17-30-19-21-6-3-2-4-7-21/h2-9,18H,10-17,19H2,1H3. The Morgan fingerprint density at radius 3 is 2.55 bits per heavy atom.